The summed E-state index contributed by atoms with van der Waals surface area (Å²) in [5.74, 6) is 1.28. The van der Waals surface area contributed by atoms with Gasteiger partial charge in [-0.05, 0) is 68.5 Å². The van der Waals surface area contributed by atoms with Crippen molar-refractivity contribution in [3.05, 3.63) is 52.9 Å². The number of amides is 1. The minimum atomic E-state index is -0.110. The van der Waals surface area contributed by atoms with Gasteiger partial charge in [-0.3, -0.25) is 9.69 Å². The number of thioether (sulfide) groups is 2. The van der Waals surface area contributed by atoms with Crippen molar-refractivity contribution in [3.8, 4) is 11.5 Å². The van der Waals surface area contributed by atoms with Crippen molar-refractivity contribution >= 4 is 57.7 Å². The molecule has 1 aliphatic rings. The number of carbonyl (C=O) groups excluding carboxylic acids is 1. The first-order valence-corrected chi connectivity index (χ1v) is 12.3. The fourth-order valence-corrected chi connectivity index (χ4v) is 4.62. The predicted molar refractivity (Wildman–Crippen MR) is 132 cm³/mol. The van der Waals surface area contributed by atoms with Gasteiger partial charge in [0.1, 0.15) is 0 Å². The third kappa shape index (κ3) is 5.20. The van der Waals surface area contributed by atoms with Gasteiger partial charge >= 0.3 is 0 Å². The Morgan fingerprint density at radius 1 is 1.20 bits per heavy atom. The second kappa shape index (κ2) is 10.4. The number of benzene rings is 2. The highest BCUT2D eigenvalue weighted by Gasteiger charge is 2.33. The molecule has 1 amide bonds. The molecule has 0 N–H and O–H groups in total. The molecular formula is C23H25NO3S3. The molecule has 7 heteroatoms. The smallest absolute Gasteiger partial charge is 0.270 e. The Bertz CT molecular complexity index is 974. The molecule has 0 radical (unpaired) electrons. The van der Waals surface area contributed by atoms with E-state index >= 15 is 0 Å². The molecule has 2 aromatic carbocycles. The summed E-state index contributed by atoms with van der Waals surface area (Å²) < 4.78 is 12.3. The Hall–Kier alpha value is -1.96. The van der Waals surface area contributed by atoms with Gasteiger partial charge in [-0.2, -0.15) is 0 Å². The van der Waals surface area contributed by atoms with Crippen molar-refractivity contribution in [2.45, 2.75) is 38.2 Å². The van der Waals surface area contributed by atoms with Gasteiger partial charge in [0.2, 0.25) is 0 Å². The quantitative estimate of drug-likeness (QED) is 0.259. The summed E-state index contributed by atoms with van der Waals surface area (Å²) in [6.07, 6.45) is 4.87. The molecule has 0 saturated carbocycles. The molecule has 1 fully saturated rings. The Morgan fingerprint density at radius 3 is 2.70 bits per heavy atom. The zero-order chi connectivity index (χ0) is 21.7. The fraction of sp³-hybridized carbons (Fsp3) is 0.304. The van der Waals surface area contributed by atoms with Crippen LogP contribution in [0.3, 0.4) is 0 Å². The maximum atomic E-state index is 13.1. The van der Waals surface area contributed by atoms with Crippen LogP contribution in [0, 0.1) is 0 Å². The lowest BCUT2D eigenvalue weighted by molar-refractivity contribution is -0.113. The summed E-state index contributed by atoms with van der Waals surface area (Å²) in [6, 6.07) is 13.6. The molecule has 0 spiro atoms. The highest BCUT2D eigenvalue weighted by molar-refractivity contribution is 8.27. The molecule has 0 bridgehead atoms. The van der Waals surface area contributed by atoms with Gasteiger partial charge in [0, 0.05) is 4.90 Å². The van der Waals surface area contributed by atoms with Crippen LogP contribution >= 0.6 is 35.7 Å². The molecule has 1 saturated heterocycles. The van der Waals surface area contributed by atoms with Crippen LogP contribution in [0.4, 0.5) is 5.69 Å². The average molecular weight is 460 g/mol. The summed E-state index contributed by atoms with van der Waals surface area (Å²) >= 11 is 8.44. The van der Waals surface area contributed by atoms with E-state index in [0.29, 0.717) is 27.3 Å². The lowest BCUT2D eigenvalue weighted by Crippen LogP contribution is -2.27. The maximum Gasteiger partial charge on any atom is 0.270 e. The second-order valence-corrected chi connectivity index (χ2v) is 9.25. The van der Waals surface area contributed by atoms with E-state index in [-0.39, 0.29) is 12.0 Å². The van der Waals surface area contributed by atoms with E-state index in [0.717, 1.165) is 22.6 Å². The van der Waals surface area contributed by atoms with Crippen LogP contribution in [0.25, 0.3) is 6.08 Å². The molecule has 1 heterocycles. The van der Waals surface area contributed by atoms with Gasteiger partial charge in [-0.25, -0.2) is 0 Å². The van der Waals surface area contributed by atoms with Crippen LogP contribution in [0.15, 0.2) is 52.3 Å². The van der Waals surface area contributed by atoms with Crippen LogP contribution in [0.5, 0.6) is 11.5 Å². The van der Waals surface area contributed by atoms with E-state index in [1.54, 1.807) is 16.7 Å². The second-order valence-electron chi connectivity index (χ2n) is 6.69. The number of rotatable bonds is 8. The molecule has 0 aliphatic carbocycles. The van der Waals surface area contributed by atoms with Crippen LogP contribution in [0.1, 0.15) is 32.8 Å². The lowest BCUT2D eigenvalue weighted by Gasteiger charge is -2.16. The van der Waals surface area contributed by atoms with Crippen LogP contribution in [-0.4, -0.2) is 29.2 Å². The van der Waals surface area contributed by atoms with Crippen LogP contribution in [0.2, 0.25) is 0 Å². The third-order valence-electron chi connectivity index (χ3n) is 4.57. The minimum Gasteiger partial charge on any atom is -0.490 e. The van der Waals surface area contributed by atoms with E-state index in [2.05, 4.69) is 6.92 Å². The van der Waals surface area contributed by atoms with Gasteiger partial charge in [0.25, 0.3) is 5.91 Å². The Labute approximate surface area is 192 Å². The summed E-state index contributed by atoms with van der Waals surface area (Å²) in [5, 5.41) is 0. The van der Waals surface area contributed by atoms with Crippen molar-refractivity contribution in [1.82, 2.24) is 0 Å². The summed E-state index contributed by atoms with van der Waals surface area (Å²) in [5.41, 5.74) is 1.66. The number of thiocarbonyl (C=S) groups is 1. The van der Waals surface area contributed by atoms with E-state index < -0.39 is 0 Å². The standard InChI is InChI=1S/C23H25NO3S3/c1-5-15(3)27-19-11-10-16(12-20(19)26-6-2)13-21-22(25)24(23(28)30-21)17-8-7-9-18(14-17)29-4/h7-15H,5-6H2,1-4H3/b21-13+/t15-/m0/s1. The first kappa shape index (κ1) is 22.7. The van der Waals surface area contributed by atoms with Gasteiger partial charge < -0.3 is 9.47 Å². The van der Waals surface area contributed by atoms with Crippen molar-refractivity contribution < 1.29 is 14.3 Å². The van der Waals surface area contributed by atoms with E-state index in [4.69, 9.17) is 21.7 Å². The monoisotopic (exact) mass is 459 g/mol. The number of hydrogen-bond acceptors (Lipinski definition) is 6. The van der Waals surface area contributed by atoms with Gasteiger partial charge in [-0.15, -0.1) is 11.8 Å². The average Bonchev–Trinajstić information content (AvgIpc) is 3.02. The number of hydrogen-bond donors (Lipinski definition) is 0. The lowest BCUT2D eigenvalue weighted by atomic mass is 10.1. The van der Waals surface area contributed by atoms with Crippen molar-refractivity contribution in [2.24, 2.45) is 0 Å². The predicted octanol–water partition coefficient (Wildman–Crippen LogP) is 6.39. The topological polar surface area (TPSA) is 38.8 Å². The maximum absolute atomic E-state index is 13.1. The first-order valence-electron chi connectivity index (χ1n) is 9.82. The molecule has 2 aromatic rings. The number of ether oxygens (including phenoxy) is 2. The highest BCUT2D eigenvalue weighted by Crippen LogP contribution is 2.38. The largest absolute Gasteiger partial charge is 0.490 e. The van der Waals surface area contributed by atoms with E-state index in [1.165, 1.54) is 11.8 Å². The first-order chi connectivity index (χ1) is 14.5. The molecule has 0 aromatic heterocycles. The van der Waals surface area contributed by atoms with Gasteiger partial charge in [-0.1, -0.05) is 43.0 Å². The molecule has 1 atom stereocenters. The fourth-order valence-electron chi connectivity index (χ4n) is 2.87. The molecule has 1 aliphatic heterocycles. The third-order valence-corrected chi connectivity index (χ3v) is 6.60. The number of anilines is 1. The molecule has 158 valence electrons. The Kier molecular flexibility index (Phi) is 7.86. The highest BCUT2D eigenvalue weighted by atomic mass is 32.2. The van der Waals surface area contributed by atoms with Crippen molar-refractivity contribution in [1.29, 1.82) is 0 Å². The normalized spacial score (nSPS) is 16.3. The SMILES string of the molecule is CCOc1cc(/C=C2/SC(=S)N(c3cccc(SC)c3)C2=O)ccc1O[C@@H](C)CC. The number of carbonyl (C=O) groups is 1. The molecule has 4 nitrogen and oxygen atoms in total. The minimum absolute atomic E-state index is 0.100. The van der Waals surface area contributed by atoms with E-state index in [9.17, 15) is 4.79 Å². The molecular weight excluding hydrogens is 434 g/mol. The van der Waals surface area contributed by atoms with Crippen LogP contribution in [-0.2, 0) is 4.79 Å². The molecule has 0 unspecified atom stereocenters. The number of nitrogens with zero attached hydrogens (tertiary/aromatic N) is 1. The Balaban J connectivity index is 1.88. The zero-order valence-corrected chi connectivity index (χ0v) is 20.0. The Morgan fingerprint density at radius 2 is 2.00 bits per heavy atom. The van der Waals surface area contributed by atoms with Gasteiger partial charge in [0.15, 0.2) is 15.8 Å². The summed E-state index contributed by atoms with van der Waals surface area (Å²) in [4.78, 5) is 16.3. The van der Waals surface area contributed by atoms with Crippen LogP contribution < -0.4 is 14.4 Å². The zero-order valence-electron chi connectivity index (χ0n) is 17.5. The van der Waals surface area contributed by atoms with Crippen molar-refractivity contribution in [3.63, 3.8) is 0 Å². The van der Waals surface area contributed by atoms with Crippen molar-refractivity contribution in [2.75, 3.05) is 17.8 Å². The molecule has 30 heavy (non-hydrogen) atoms. The van der Waals surface area contributed by atoms with E-state index in [1.807, 2.05) is 68.6 Å². The summed E-state index contributed by atoms with van der Waals surface area (Å²) in [6.45, 7) is 6.58. The summed E-state index contributed by atoms with van der Waals surface area (Å²) in [7, 11) is 0. The van der Waals surface area contributed by atoms with Gasteiger partial charge in [0.05, 0.1) is 23.3 Å². The molecule has 3 rings (SSSR count).